The van der Waals surface area contributed by atoms with E-state index in [0.717, 1.165) is 62.4 Å². The van der Waals surface area contributed by atoms with E-state index in [1.54, 1.807) is 0 Å². The molecule has 0 bridgehead atoms. The van der Waals surface area contributed by atoms with Crippen molar-refractivity contribution in [2.75, 3.05) is 32.7 Å². The van der Waals surface area contributed by atoms with E-state index in [1.165, 1.54) is 36.8 Å². The summed E-state index contributed by atoms with van der Waals surface area (Å²) in [6.07, 6.45) is 7.28. The van der Waals surface area contributed by atoms with Gasteiger partial charge in [-0.3, -0.25) is 9.79 Å². The third kappa shape index (κ3) is 4.96. The van der Waals surface area contributed by atoms with Gasteiger partial charge in [0.25, 0.3) is 0 Å². The smallest absolute Gasteiger partial charge is 0.234 e. The quantitative estimate of drug-likeness (QED) is 0.657. The van der Waals surface area contributed by atoms with Gasteiger partial charge in [-0.15, -0.1) is 0 Å². The maximum absolute atomic E-state index is 14.1. The van der Waals surface area contributed by atoms with Gasteiger partial charge in [-0.2, -0.15) is 0 Å². The number of benzene rings is 1. The molecule has 1 N–H and O–H groups in total. The van der Waals surface area contributed by atoms with Gasteiger partial charge in [0.15, 0.2) is 0 Å². The zero-order chi connectivity index (χ0) is 24.6. The van der Waals surface area contributed by atoms with E-state index in [4.69, 9.17) is 4.74 Å². The van der Waals surface area contributed by atoms with Crippen molar-refractivity contribution in [2.45, 2.75) is 90.3 Å². The van der Waals surface area contributed by atoms with Crippen molar-refractivity contribution in [3.63, 3.8) is 0 Å². The SMILES string of the molecule is CC(C)Oc1ccc2c(c1)CN(CC1=NCCN1)C(=O)C21CCN([C@H]2CC[C@@H](C(C)C)CC2)CC1. The Bertz CT molecular complexity index is 940. The minimum absolute atomic E-state index is 0.134. The van der Waals surface area contributed by atoms with Gasteiger partial charge in [0.05, 0.1) is 24.6 Å². The molecule has 1 saturated heterocycles. The average Bonchev–Trinajstić information content (AvgIpc) is 3.36. The summed E-state index contributed by atoms with van der Waals surface area (Å²) in [6.45, 7) is 13.8. The fourth-order valence-electron chi connectivity index (χ4n) is 6.96. The van der Waals surface area contributed by atoms with Crippen LogP contribution in [0.5, 0.6) is 5.75 Å². The second-order valence-electron chi connectivity index (χ2n) is 11.8. The Kier molecular flexibility index (Phi) is 7.11. The lowest BCUT2D eigenvalue weighted by Crippen LogP contribution is -2.58. The first kappa shape index (κ1) is 24.6. The van der Waals surface area contributed by atoms with Crippen molar-refractivity contribution in [3.8, 4) is 5.75 Å². The lowest BCUT2D eigenvalue weighted by atomic mass is 9.67. The van der Waals surface area contributed by atoms with E-state index in [9.17, 15) is 4.79 Å². The molecule has 0 radical (unpaired) electrons. The van der Waals surface area contributed by atoms with Gasteiger partial charge in [-0.25, -0.2) is 0 Å². The maximum atomic E-state index is 14.1. The molecule has 3 aliphatic heterocycles. The first-order valence-electron chi connectivity index (χ1n) is 14.0. The largest absolute Gasteiger partial charge is 0.491 e. The highest BCUT2D eigenvalue weighted by atomic mass is 16.5. The number of likely N-dealkylation sites (tertiary alicyclic amines) is 1. The number of nitrogens with zero attached hydrogens (tertiary/aromatic N) is 3. The molecule has 0 aromatic heterocycles. The predicted octanol–water partition coefficient (Wildman–Crippen LogP) is 4.37. The third-order valence-electron chi connectivity index (χ3n) is 8.96. The van der Waals surface area contributed by atoms with Gasteiger partial charge in [0, 0.05) is 19.1 Å². The number of hydrogen-bond donors (Lipinski definition) is 1. The third-order valence-corrected chi connectivity index (χ3v) is 8.96. The molecule has 0 atom stereocenters. The summed E-state index contributed by atoms with van der Waals surface area (Å²) >= 11 is 0. The Morgan fingerprint density at radius 3 is 2.49 bits per heavy atom. The second-order valence-corrected chi connectivity index (χ2v) is 11.8. The zero-order valence-corrected chi connectivity index (χ0v) is 22.2. The number of carbonyl (C=O) groups excluding carboxylic acids is 1. The van der Waals surface area contributed by atoms with Crippen LogP contribution in [0.4, 0.5) is 0 Å². The van der Waals surface area contributed by atoms with Gasteiger partial charge in [0.1, 0.15) is 11.6 Å². The Labute approximate surface area is 211 Å². The molecule has 2 fully saturated rings. The van der Waals surface area contributed by atoms with E-state index in [-0.39, 0.29) is 6.10 Å². The molecule has 1 amide bonds. The number of nitrogens with one attached hydrogen (secondary N) is 1. The second kappa shape index (κ2) is 10.1. The molecule has 1 saturated carbocycles. The van der Waals surface area contributed by atoms with Crippen molar-refractivity contribution in [3.05, 3.63) is 29.3 Å². The molecule has 1 aromatic rings. The molecule has 1 aliphatic carbocycles. The minimum atomic E-state index is -0.422. The summed E-state index contributed by atoms with van der Waals surface area (Å²) < 4.78 is 6.03. The maximum Gasteiger partial charge on any atom is 0.234 e. The predicted molar refractivity (Wildman–Crippen MR) is 141 cm³/mol. The number of rotatable bonds is 6. The van der Waals surface area contributed by atoms with E-state index in [1.807, 2.05) is 4.90 Å². The molecule has 3 heterocycles. The molecule has 0 unspecified atom stereocenters. The van der Waals surface area contributed by atoms with Crippen molar-refractivity contribution in [2.24, 2.45) is 16.8 Å². The zero-order valence-electron chi connectivity index (χ0n) is 22.2. The van der Waals surface area contributed by atoms with Crippen molar-refractivity contribution in [1.29, 1.82) is 0 Å². The molecule has 1 aromatic carbocycles. The summed E-state index contributed by atoms with van der Waals surface area (Å²) in [5, 5.41) is 3.36. The Morgan fingerprint density at radius 2 is 1.86 bits per heavy atom. The van der Waals surface area contributed by atoms with Crippen LogP contribution in [0.1, 0.15) is 77.3 Å². The van der Waals surface area contributed by atoms with Crippen LogP contribution in [0.2, 0.25) is 0 Å². The number of ether oxygens (including phenoxy) is 1. The minimum Gasteiger partial charge on any atom is -0.491 e. The molecular formula is C29H44N4O2. The van der Waals surface area contributed by atoms with Crippen LogP contribution in [-0.4, -0.2) is 66.4 Å². The molecule has 6 nitrogen and oxygen atoms in total. The van der Waals surface area contributed by atoms with Crippen LogP contribution in [0.25, 0.3) is 0 Å². The van der Waals surface area contributed by atoms with Crippen LogP contribution in [-0.2, 0) is 16.8 Å². The van der Waals surface area contributed by atoms with Crippen LogP contribution >= 0.6 is 0 Å². The lowest BCUT2D eigenvalue weighted by molar-refractivity contribution is -0.141. The Balaban J connectivity index is 1.36. The van der Waals surface area contributed by atoms with Gasteiger partial charge in [0.2, 0.25) is 5.91 Å². The number of amides is 1. The number of carbonyl (C=O) groups is 1. The summed E-state index contributed by atoms with van der Waals surface area (Å²) in [7, 11) is 0. The van der Waals surface area contributed by atoms with Gasteiger partial charge >= 0.3 is 0 Å². The number of aliphatic imine (C=N–C) groups is 1. The lowest BCUT2D eigenvalue weighted by Gasteiger charge is -2.49. The number of amidine groups is 1. The van der Waals surface area contributed by atoms with Crippen molar-refractivity contribution < 1.29 is 9.53 Å². The van der Waals surface area contributed by atoms with Crippen LogP contribution in [0.15, 0.2) is 23.2 Å². The number of hydrogen-bond acceptors (Lipinski definition) is 5. The first-order chi connectivity index (χ1) is 16.9. The van der Waals surface area contributed by atoms with E-state index < -0.39 is 5.41 Å². The van der Waals surface area contributed by atoms with E-state index in [0.29, 0.717) is 25.0 Å². The van der Waals surface area contributed by atoms with Gasteiger partial charge in [-0.1, -0.05) is 19.9 Å². The van der Waals surface area contributed by atoms with Crippen molar-refractivity contribution in [1.82, 2.24) is 15.1 Å². The summed E-state index contributed by atoms with van der Waals surface area (Å²) in [6, 6.07) is 7.14. The normalized spacial score (nSPS) is 26.7. The molecule has 1 spiro atoms. The summed E-state index contributed by atoms with van der Waals surface area (Å²) in [5.74, 6) is 3.83. The van der Waals surface area contributed by atoms with Gasteiger partial charge < -0.3 is 19.9 Å². The molecule has 4 aliphatic rings. The van der Waals surface area contributed by atoms with Crippen LogP contribution in [0, 0.1) is 11.8 Å². The first-order valence-corrected chi connectivity index (χ1v) is 14.0. The van der Waals surface area contributed by atoms with Crippen molar-refractivity contribution >= 4 is 11.7 Å². The highest BCUT2D eigenvalue weighted by molar-refractivity contribution is 5.95. The van der Waals surface area contributed by atoms with E-state index in [2.05, 4.69) is 61.1 Å². The Hall–Kier alpha value is -2.08. The fraction of sp³-hybridized carbons (Fsp3) is 0.724. The average molecular weight is 481 g/mol. The van der Waals surface area contributed by atoms with Crippen LogP contribution < -0.4 is 10.1 Å². The number of piperidine rings is 1. The molecule has 192 valence electrons. The highest BCUT2D eigenvalue weighted by Gasteiger charge is 2.50. The van der Waals surface area contributed by atoms with Gasteiger partial charge in [-0.05, 0) is 101 Å². The molecule has 6 heteroatoms. The van der Waals surface area contributed by atoms with E-state index >= 15 is 0 Å². The highest BCUT2D eigenvalue weighted by Crippen LogP contribution is 2.45. The number of fused-ring (bicyclic) bond motifs is 2. The molecule has 35 heavy (non-hydrogen) atoms. The summed E-state index contributed by atoms with van der Waals surface area (Å²) in [4.78, 5) is 23.4. The van der Waals surface area contributed by atoms with Crippen LogP contribution in [0.3, 0.4) is 0 Å². The fourth-order valence-corrected chi connectivity index (χ4v) is 6.96. The molecular weight excluding hydrogens is 436 g/mol. The standard InChI is InChI=1S/C29H44N4O2/c1-20(2)22-5-7-24(8-6-22)32-15-11-29(12-16-32)26-10-9-25(35-21(3)4)17-23(26)18-33(28(29)34)19-27-30-13-14-31-27/h9-10,17,20-22,24H,5-8,11-16,18-19H2,1-4H3,(H,30,31)/t22-,24+. The monoisotopic (exact) mass is 480 g/mol. The topological polar surface area (TPSA) is 57.2 Å². The summed E-state index contributed by atoms with van der Waals surface area (Å²) in [5.41, 5.74) is 2.06. The Morgan fingerprint density at radius 1 is 1.11 bits per heavy atom. The molecule has 5 rings (SSSR count).